The van der Waals surface area contributed by atoms with Gasteiger partial charge in [-0.05, 0) is 12.1 Å². The lowest BCUT2D eigenvalue weighted by atomic mass is 10.3. The quantitative estimate of drug-likeness (QED) is 0.555. The summed E-state index contributed by atoms with van der Waals surface area (Å²) in [4.78, 5) is 9.59. The number of rotatable bonds is 1. The lowest BCUT2D eigenvalue weighted by Gasteiger charge is -1.85. The highest BCUT2D eigenvalue weighted by Crippen LogP contribution is 2.06. The van der Waals surface area contributed by atoms with Crippen LogP contribution in [0.2, 0.25) is 5.02 Å². The van der Waals surface area contributed by atoms with E-state index in [1.54, 1.807) is 18.2 Å². The van der Waals surface area contributed by atoms with E-state index in [2.05, 4.69) is 0 Å². The molecule has 0 aliphatic heterocycles. The number of nitrogens with zero attached hydrogens (tertiary/aromatic N) is 1. The van der Waals surface area contributed by atoms with Crippen LogP contribution in [0.1, 0.15) is 0 Å². The first-order chi connectivity index (χ1) is 7.70. The Morgan fingerprint density at radius 3 is 1.56 bits per heavy atom. The first kappa shape index (κ1) is 12.2. The van der Waals surface area contributed by atoms with Gasteiger partial charge in [-0.3, -0.25) is 10.1 Å². The van der Waals surface area contributed by atoms with Crippen LogP contribution < -0.4 is 0 Å². The monoisotopic (exact) mass is 235 g/mol. The zero-order valence-electron chi connectivity index (χ0n) is 8.42. The van der Waals surface area contributed by atoms with Crippen LogP contribution in [0.15, 0.2) is 60.7 Å². The Morgan fingerprint density at radius 2 is 1.31 bits per heavy atom. The number of hydrogen-bond acceptors (Lipinski definition) is 2. The van der Waals surface area contributed by atoms with Gasteiger partial charge in [0.25, 0.3) is 5.69 Å². The fourth-order valence-electron chi connectivity index (χ4n) is 0.964. The maximum Gasteiger partial charge on any atom is 0.269 e. The van der Waals surface area contributed by atoms with Crippen molar-refractivity contribution in [3.05, 3.63) is 75.8 Å². The Hall–Kier alpha value is -1.87. The van der Waals surface area contributed by atoms with Crippen molar-refractivity contribution in [2.75, 3.05) is 0 Å². The average molecular weight is 236 g/mol. The molecule has 4 heteroatoms. The molecule has 2 rings (SSSR count). The molecule has 0 fully saturated rings. The second-order valence-corrected chi connectivity index (χ2v) is 3.32. The van der Waals surface area contributed by atoms with E-state index in [1.165, 1.54) is 12.1 Å². The molecule has 0 atom stereocenters. The van der Waals surface area contributed by atoms with Crippen molar-refractivity contribution in [3.63, 3.8) is 0 Å². The number of nitro benzene ring substituents is 1. The Labute approximate surface area is 98.5 Å². The van der Waals surface area contributed by atoms with Gasteiger partial charge >= 0.3 is 0 Å². The van der Waals surface area contributed by atoms with E-state index in [9.17, 15) is 10.1 Å². The smallest absolute Gasteiger partial charge is 0.258 e. The van der Waals surface area contributed by atoms with E-state index >= 15 is 0 Å². The Morgan fingerprint density at radius 1 is 0.875 bits per heavy atom. The molecule has 82 valence electrons. The number of hydrogen-bond donors (Lipinski definition) is 0. The van der Waals surface area contributed by atoms with Gasteiger partial charge in [-0.2, -0.15) is 0 Å². The van der Waals surface area contributed by atoms with Crippen molar-refractivity contribution in [1.82, 2.24) is 0 Å². The first-order valence-electron chi connectivity index (χ1n) is 4.60. The van der Waals surface area contributed by atoms with Crippen LogP contribution in [0.5, 0.6) is 0 Å². The summed E-state index contributed by atoms with van der Waals surface area (Å²) in [6, 6.07) is 17.4. The van der Waals surface area contributed by atoms with Crippen LogP contribution in [0, 0.1) is 10.1 Å². The zero-order chi connectivity index (χ0) is 11.8. The maximum atomic E-state index is 10.0. The predicted octanol–water partition coefficient (Wildman–Crippen LogP) is 3.93. The van der Waals surface area contributed by atoms with E-state index in [-0.39, 0.29) is 5.69 Å². The minimum atomic E-state index is -0.417. The Balaban J connectivity index is 0.000000165. The summed E-state index contributed by atoms with van der Waals surface area (Å²) in [5, 5.41) is 10.8. The molecule has 0 radical (unpaired) electrons. The largest absolute Gasteiger partial charge is 0.269 e. The van der Waals surface area contributed by atoms with Crippen LogP contribution in [0.4, 0.5) is 5.69 Å². The van der Waals surface area contributed by atoms with Crippen molar-refractivity contribution in [1.29, 1.82) is 0 Å². The zero-order valence-corrected chi connectivity index (χ0v) is 9.17. The number of para-hydroxylation sites is 1. The third-order valence-electron chi connectivity index (χ3n) is 1.70. The molecule has 0 aliphatic carbocycles. The van der Waals surface area contributed by atoms with Gasteiger partial charge in [-0.15, -0.1) is 0 Å². The number of halogens is 1. The second-order valence-electron chi connectivity index (χ2n) is 2.89. The molecule has 3 nitrogen and oxygen atoms in total. The molecule has 0 bridgehead atoms. The van der Waals surface area contributed by atoms with Crippen molar-refractivity contribution < 1.29 is 4.92 Å². The molecule has 2 aromatic carbocycles. The third kappa shape index (κ3) is 4.57. The summed E-state index contributed by atoms with van der Waals surface area (Å²) in [5.74, 6) is 0. The van der Waals surface area contributed by atoms with Gasteiger partial charge in [0, 0.05) is 17.2 Å². The molecule has 0 saturated carbocycles. The highest BCUT2D eigenvalue weighted by atomic mass is 35.5. The molecule has 16 heavy (non-hydrogen) atoms. The summed E-state index contributed by atoms with van der Waals surface area (Å²) in [6.07, 6.45) is 0. The van der Waals surface area contributed by atoms with Crippen LogP contribution >= 0.6 is 11.6 Å². The molecule has 0 saturated heterocycles. The van der Waals surface area contributed by atoms with Crippen molar-refractivity contribution in [2.24, 2.45) is 0 Å². The van der Waals surface area contributed by atoms with E-state index in [0.717, 1.165) is 5.02 Å². The topological polar surface area (TPSA) is 43.1 Å². The van der Waals surface area contributed by atoms with E-state index in [1.807, 2.05) is 30.3 Å². The van der Waals surface area contributed by atoms with Gasteiger partial charge < -0.3 is 0 Å². The molecule has 0 N–H and O–H groups in total. The minimum absolute atomic E-state index is 0.137. The lowest BCUT2D eigenvalue weighted by molar-refractivity contribution is -0.384. The third-order valence-corrected chi connectivity index (χ3v) is 1.95. The molecular formula is C12H10ClNO2. The minimum Gasteiger partial charge on any atom is -0.258 e. The van der Waals surface area contributed by atoms with Gasteiger partial charge in [0.2, 0.25) is 0 Å². The van der Waals surface area contributed by atoms with Gasteiger partial charge in [-0.1, -0.05) is 48.0 Å². The highest BCUT2D eigenvalue weighted by molar-refractivity contribution is 6.30. The van der Waals surface area contributed by atoms with E-state index < -0.39 is 4.92 Å². The molecular weight excluding hydrogens is 226 g/mol. The lowest BCUT2D eigenvalue weighted by Crippen LogP contribution is -1.84. The second kappa shape index (κ2) is 6.58. The molecule has 0 spiro atoms. The molecule has 0 aromatic heterocycles. The Kier molecular flexibility index (Phi) is 5.02. The predicted molar refractivity (Wildman–Crippen MR) is 64.5 cm³/mol. The van der Waals surface area contributed by atoms with E-state index in [4.69, 9.17) is 11.6 Å². The summed E-state index contributed by atoms with van der Waals surface area (Å²) >= 11 is 5.54. The maximum absolute atomic E-state index is 10.0. The van der Waals surface area contributed by atoms with Gasteiger partial charge in [-0.25, -0.2) is 0 Å². The number of nitro groups is 1. The summed E-state index contributed by atoms with van der Waals surface area (Å²) in [6.45, 7) is 0. The molecule has 2 aromatic rings. The van der Waals surface area contributed by atoms with Crippen LogP contribution in [0.3, 0.4) is 0 Å². The molecule has 0 amide bonds. The van der Waals surface area contributed by atoms with Crippen molar-refractivity contribution >= 4 is 17.3 Å². The summed E-state index contributed by atoms with van der Waals surface area (Å²) < 4.78 is 0. The van der Waals surface area contributed by atoms with Gasteiger partial charge in [0.15, 0.2) is 0 Å². The number of non-ortho nitro benzene ring substituents is 1. The first-order valence-corrected chi connectivity index (χ1v) is 4.98. The van der Waals surface area contributed by atoms with Crippen LogP contribution in [-0.4, -0.2) is 4.92 Å². The average Bonchev–Trinajstić information content (AvgIpc) is 2.32. The fourth-order valence-corrected chi connectivity index (χ4v) is 1.11. The van der Waals surface area contributed by atoms with E-state index in [0.29, 0.717) is 0 Å². The van der Waals surface area contributed by atoms with Crippen molar-refractivity contribution in [2.45, 2.75) is 0 Å². The molecule has 0 heterocycles. The molecule has 0 aliphatic rings. The highest BCUT2D eigenvalue weighted by Gasteiger charge is 1.98. The molecule has 0 unspecified atom stereocenters. The standard InChI is InChI=1S/C6H5Cl.C6H5NO2/c7-6-4-2-1-3-5-6;8-7(9)6-4-2-1-3-5-6/h1-5H;1-5H. The summed E-state index contributed by atoms with van der Waals surface area (Å²) in [7, 11) is 0. The number of benzene rings is 2. The summed E-state index contributed by atoms with van der Waals surface area (Å²) in [5.41, 5.74) is 0.137. The van der Waals surface area contributed by atoms with Crippen LogP contribution in [0.25, 0.3) is 0 Å². The fraction of sp³-hybridized carbons (Fsp3) is 0. The van der Waals surface area contributed by atoms with Gasteiger partial charge in [0.05, 0.1) is 4.92 Å². The SMILES string of the molecule is Clc1ccccc1.O=[N+]([O-])c1ccccc1. The Bertz CT molecular complexity index is 431. The van der Waals surface area contributed by atoms with Crippen LogP contribution in [-0.2, 0) is 0 Å². The normalized spacial score (nSPS) is 8.81. The van der Waals surface area contributed by atoms with Gasteiger partial charge in [0.1, 0.15) is 0 Å². The van der Waals surface area contributed by atoms with Crippen molar-refractivity contribution in [3.8, 4) is 0 Å².